The third-order valence-electron chi connectivity index (χ3n) is 3.77. The summed E-state index contributed by atoms with van der Waals surface area (Å²) >= 11 is 0. The number of nitrogens with zero attached hydrogens (tertiary/aromatic N) is 2. The first-order valence-corrected chi connectivity index (χ1v) is 9.32. The molecule has 1 heterocycles. The quantitative estimate of drug-likeness (QED) is 0.698. The van der Waals surface area contributed by atoms with E-state index in [0.29, 0.717) is 10.1 Å². The van der Waals surface area contributed by atoms with Gasteiger partial charge in [0.05, 0.1) is 16.1 Å². The van der Waals surface area contributed by atoms with Crippen molar-refractivity contribution in [2.24, 2.45) is 0 Å². The van der Waals surface area contributed by atoms with Gasteiger partial charge in [-0.25, -0.2) is 13.2 Å². The Bertz CT molecular complexity index is 1140. The van der Waals surface area contributed by atoms with Crippen LogP contribution in [0.15, 0.2) is 58.2 Å². The molecule has 0 saturated heterocycles. The number of sulfone groups is 1. The number of fused-ring (bicyclic) bond motifs is 1. The highest BCUT2D eigenvalue weighted by atomic mass is 32.2. The van der Waals surface area contributed by atoms with Gasteiger partial charge in [0.25, 0.3) is 0 Å². The van der Waals surface area contributed by atoms with Crippen molar-refractivity contribution in [2.45, 2.75) is 17.6 Å². The number of hydrogen-bond donors (Lipinski definition) is 0. The van der Waals surface area contributed by atoms with E-state index in [2.05, 4.69) is 4.98 Å². The number of rotatable bonds is 3. The fourth-order valence-corrected chi connectivity index (χ4v) is 3.29. The maximum Gasteiger partial charge on any atom is 0.406 e. The van der Waals surface area contributed by atoms with Crippen LogP contribution in [-0.2, 0) is 16.4 Å². The highest BCUT2D eigenvalue weighted by Gasteiger charge is 2.30. The van der Waals surface area contributed by atoms with Crippen LogP contribution in [0.4, 0.5) is 13.2 Å². The average Bonchev–Trinajstić information content (AvgIpc) is 2.55. The Morgan fingerprint density at radius 3 is 2.31 bits per heavy atom. The summed E-state index contributed by atoms with van der Waals surface area (Å²) in [4.78, 5) is 15.9. The Morgan fingerprint density at radius 1 is 1.08 bits per heavy atom. The van der Waals surface area contributed by atoms with Gasteiger partial charge in [0.15, 0.2) is 9.84 Å². The second-order valence-corrected chi connectivity index (χ2v) is 7.78. The van der Waals surface area contributed by atoms with Gasteiger partial charge < -0.3 is 0 Å². The van der Waals surface area contributed by atoms with Crippen LogP contribution in [0.25, 0.3) is 22.2 Å². The Kier molecular flexibility index (Phi) is 4.35. The normalized spacial score (nSPS) is 12.5. The minimum Gasteiger partial charge on any atom is -0.283 e. The molecule has 2 aromatic carbocycles. The number of benzene rings is 2. The first kappa shape index (κ1) is 18.1. The van der Waals surface area contributed by atoms with Crippen LogP contribution in [0.3, 0.4) is 0 Å². The SMILES string of the molecule is CS(=O)(=O)c1ccc2c(c1)c(-c1ccccc1)nc(=O)n2CC(F)(F)F. The smallest absolute Gasteiger partial charge is 0.283 e. The van der Waals surface area contributed by atoms with Crippen molar-refractivity contribution in [1.29, 1.82) is 0 Å². The molecule has 136 valence electrons. The van der Waals surface area contributed by atoms with Crippen molar-refractivity contribution in [1.82, 2.24) is 9.55 Å². The Labute approximate surface area is 146 Å². The molecule has 9 heteroatoms. The molecule has 0 spiro atoms. The molecule has 0 saturated carbocycles. The van der Waals surface area contributed by atoms with Gasteiger partial charge in [0.1, 0.15) is 6.54 Å². The summed E-state index contributed by atoms with van der Waals surface area (Å²) in [5.41, 5.74) is -0.455. The summed E-state index contributed by atoms with van der Waals surface area (Å²) in [5.74, 6) is 0. The maximum atomic E-state index is 12.9. The van der Waals surface area contributed by atoms with Crippen molar-refractivity contribution in [3.05, 3.63) is 59.0 Å². The van der Waals surface area contributed by atoms with Crippen LogP contribution >= 0.6 is 0 Å². The van der Waals surface area contributed by atoms with E-state index in [1.54, 1.807) is 30.3 Å². The second-order valence-electron chi connectivity index (χ2n) is 5.76. The van der Waals surface area contributed by atoms with E-state index in [1.165, 1.54) is 18.2 Å². The number of alkyl halides is 3. The van der Waals surface area contributed by atoms with Gasteiger partial charge in [0.2, 0.25) is 0 Å². The summed E-state index contributed by atoms with van der Waals surface area (Å²) in [6.45, 7) is -1.51. The van der Waals surface area contributed by atoms with Crippen molar-refractivity contribution < 1.29 is 21.6 Å². The monoisotopic (exact) mass is 382 g/mol. The summed E-state index contributed by atoms with van der Waals surface area (Å²) in [6, 6.07) is 12.0. The van der Waals surface area contributed by atoms with Crippen molar-refractivity contribution >= 4 is 20.7 Å². The molecule has 0 aliphatic heterocycles. The summed E-state index contributed by atoms with van der Waals surface area (Å²) in [7, 11) is -3.59. The van der Waals surface area contributed by atoms with Gasteiger partial charge in [-0.05, 0) is 18.2 Å². The van der Waals surface area contributed by atoms with Crippen LogP contribution in [0.1, 0.15) is 0 Å². The summed E-state index contributed by atoms with van der Waals surface area (Å²) in [6.07, 6.45) is -3.63. The zero-order valence-corrected chi connectivity index (χ0v) is 14.3. The lowest BCUT2D eigenvalue weighted by Crippen LogP contribution is -2.30. The molecule has 0 unspecified atom stereocenters. The lowest BCUT2D eigenvalue weighted by atomic mass is 10.1. The van der Waals surface area contributed by atoms with Crippen molar-refractivity contribution in [3.63, 3.8) is 0 Å². The molecular weight excluding hydrogens is 369 g/mol. The maximum absolute atomic E-state index is 12.9. The summed E-state index contributed by atoms with van der Waals surface area (Å²) in [5, 5.41) is 0.156. The molecule has 0 bridgehead atoms. The molecule has 0 radical (unpaired) electrons. The van der Waals surface area contributed by atoms with Crippen LogP contribution in [0.5, 0.6) is 0 Å². The first-order chi connectivity index (χ1) is 12.1. The van der Waals surface area contributed by atoms with Crippen LogP contribution in [0, 0.1) is 0 Å². The van der Waals surface area contributed by atoms with E-state index in [-0.39, 0.29) is 21.5 Å². The molecule has 0 aliphatic rings. The third-order valence-corrected chi connectivity index (χ3v) is 4.88. The average molecular weight is 382 g/mol. The van der Waals surface area contributed by atoms with Gasteiger partial charge in [-0.3, -0.25) is 4.57 Å². The van der Waals surface area contributed by atoms with Gasteiger partial charge in [-0.1, -0.05) is 30.3 Å². The molecule has 5 nitrogen and oxygen atoms in total. The Hall–Kier alpha value is -2.68. The fraction of sp³-hybridized carbons (Fsp3) is 0.176. The van der Waals surface area contributed by atoms with Gasteiger partial charge in [-0.15, -0.1) is 0 Å². The number of halogens is 3. The standard InChI is InChI=1S/C17H13F3N2O3S/c1-26(24,25)12-7-8-14-13(9-12)15(11-5-3-2-4-6-11)21-16(23)22(14)10-17(18,19)20/h2-9H,10H2,1H3. The predicted octanol–water partition coefficient (Wildman–Crippen LogP) is 3.03. The van der Waals surface area contributed by atoms with Gasteiger partial charge in [0, 0.05) is 17.2 Å². The van der Waals surface area contributed by atoms with Crippen LogP contribution < -0.4 is 5.69 Å². The van der Waals surface area contributed by atoms with E-state index in [9.17, 15) is 26.4 Å². The molecule has 0 amide bonds. The van der Waals surface area contributed by atoms with Crippen molar-refractivity contribution in [3.8, 4) is 11.3 Å². The molecule has 0 N–H and O–H groups in total. The Morgan fingerprint density at radius 2 is 1.73 bits per heavy atom. The highest BCUT2D eigenvalue weighted by Crippen LogP contribution is 2.29. The molecular formula is C17H13F3N2O3S. The fourth-order valence-electron chi connectivity index (χ4n) is 2.64. The van der Waals surface area contributed by atoms with E-state index >= 15 is 0 Å². The van der Waals surface area contributed by atoms with Crippen molar-refractivity contribution in [2.75, 3.05) is 6.26 Å². The topological polar surface area (TPSA) is 69.0 Å². The van der Waals surface area contributed by atoms with Crippen LogP contribution in [0.2, 0.25) is 0 Å². The molecule has 1 aromatic heterocycles. The van der Waals surface area contributed by atoms with E-state index < -0.39 is 28.2 Å². The minimum absolute atomic E-state index is 0.0337. The number of aromatic nitrogens is 2. The Balaban J connectivity index is 2.41. The molecule has 0 atom stereocenters. The first-order valence-electron chi connectivity index (χ1n) is 7.43. The predicted molar refractivity (Wildman–Crippen MR) is 90.6 cm³/mol. The molecule has 0 aliphatic carbocycles. The lowest BCUT2D eigenvalue weighted by molar-refractivity contribution is -0.140. The van der Waals surface area contributed by atoms with E-state index in [0.717, 1.165) is 6.26 Å². The number of hydrogen-bond acceptors (Lipinski definition) is 4. The van der Waals surface area contributed by atoms with E-state index in [1.807, 2.05) is 0 Å². The molecule has 3 aromatic rings. The zero-order valence-electron chi connectivity index (χ0n) is 13.5. The molecule has 26 heavy (non-hydrogen) atoms. The second kappa shape index (κ2) is 6.24. The summed E-state index contributed by atoms with van der Waals surface area (Å²) < 4.78 is 62.7. The van der Waals surface area contributed by atoms with E-state index in [4.69, 9.17) is 0 Å². The lowest BCUT2D eigenvalue weighted by Gasteiger charge is -2.15. The van der Waals surface area contributed by atoms with Gasteiger partial charge >= 0.3 is 11.9 Å². The van der Waals surface area contributed by atoms with Gasteiger partial charge in [-0.2, -0.15) is 18.2 Å². The highest BCUT2D eigenvalue weighted by molar-refractivity contribution is 7.90. The molecule has 3 rings (SSSR count). The third kappa shape index (κ3) is 3.62. The molecule has 0 fully saturated rings. The largest absolute Gasteiger partial charge is 0.406 e. The zero-order chi connectivity index (χ0) is 19.1. The van der Waals surface area contributed by atoms with Crippen LogP contribution in [-0.4, -0.2) is 30.4 Å². The minimum atomic E-state index is -4.62.